The van der Waals surface area contributed by atoms with Crippen LogP contribution in [0.15, 0.2) is 24.3 Å². The van der Waals surface area contributed by atoms with E-state index in [1.54, 1.807) is 0 Å². The molecule has 0 saturated heterocycles. The zero-order chi connectivity index (χ0) is 19.6. The average molecular weight is 394 g/mol. The van der Waals surface area contributed by atoms with E-state index in [2.05, 4.69) is 0 Å². The fourth-order valence-electron chi connectivity index (χ4n) is 1.81. The van der Waals surface area contributed by atoms with E-state index >= 15 is 0 Å². The Labute approximate surface area is 148 Å². The van der Waals surface area contributed by atoms with Crippen molar-refractivity contribution in [1.82, 2.24) is 0 Å². The van der Waals surface area contributed by atoms with Crippen LogP contribution in [0.3, 0.4) is 0 Å². The van der Waals surface area contributed by atoms with Crippen molar-refractivity contribution >= 4 is 29.2 Å². The highest BCUT2D eigenvalue weighted by Gasteiger charge is 2.24. The Morgan fingerprint density at radius 3 is 2.27 bits per heavy atom. The van der Waals surface area contributed by atoms with Crippen LogP contribution < -0.4 is 5.32 Å². The van der Waals surface area contributed by atoms with Gasteiger partial charge < -0.3 is 10.1 Å². The molecule has 0 aliphatic rings. The molecule has 1 atom stereocenters. The number of ether oxygens (including phenoxy) is 1. The largest absolute Gasteiger partial charge is 0.449 e. The van der Waals surface area contributed by atoms with Crippen LogP contribution in [0.2, 0.25) is 5.02 Å². The molecule has 0 radical (unpaired) electrons. The third-order valence-electron chi connectivity index (χ3n) is 3.18. The van der Waals surface area contributed by atoms with Crippen molar-refractivity contribution in [3.05, 3.63) is 63.9 Å². The lowest BCUT2D eigenvalue weighted by Gasteiger charge is -2.14. The maximum Gasteiger partial charge on any atom is 0.340 e. The Hall–Kier alpha value is -2.68. The monoisotopic (exact) mass is 393 g/mol. The Morgan fingerprint density at radius 2 is 1.62 bits per heavy atom. The van der Waals surface area contributed by atoms with Crippen LogP contribution in [-0.4, -0.2) is 18.0 Å². The number of nitrogens with one attached hydrogen (secondary N) is 1. The third-order valence-corrected chi connectivity index (χ3v) is 3.49. The van der Waals surface area contributed by atoms with Gasteiger partial charge in [-0.15, -0.1) is 0 Å². The molecule has 138 valence electrons. The van der Waals surface area contributed by atoms with Gasteiger partial charge in [0.1, 0.15) is 0 Å². The SMILES string of the molecule is CC(OC(=O)c1cc(F)c(F)cc1Cl)C(=O)Nc1ccc(F)c(F)c1F. The molecular formula is C16H9ClF5NO3. The average Bonchev–Trinajstić information content (AvgIpc) is 2.58. The first-order valence-corrected chi connectivity index (χ1v) is 7.29. The van der Waals surface area contributed by atoms with E-state index in [4.69, 9.17) is 16.3 Å². The first-order valence-electron chi connectivity index (χ1n) is 6.91. The fourth-order valence-corrected chi connectivity index (χ4v) is 2.04. The van der Waals surface area contributed by atoms with Gasteiger partial charge in [0.05, 0.1) is 16.3 Å². The summed E-state index contributed by atoms with van der Waals surface area (Å²) in [5.74, 6) is -9.85. The minimum absolute atomic E-state index is 0.451. The van der Waals surface area contributed by atoms with Crippen molar-refractivity contribution < 1.29 is 36.3 Å². The standard InChI is InChI=1S/C16H9ClF5NO3/c1-6(15(24)23-12-3-2-9(18)13(21)14(12)22)26-16(25)7-4-10(19)11(20)5-8(7)17/h2-6H,1H3,(H,23,24). The molecule has 26 heavy (non-hydrogen) atoms. The van der Waals surface area contributed by atoms with Gasteiger partial charge in [0, 0.05) is 0 Å². The highest BCUT2D eigenvalue weighted by Crippen LogP contribution is 2.22. The Bertz CT molecular complexity index is 891. The minimum Gasteiger partial charge on any atom is -0.449 e. The van der Waals surface area contributed by atoms with Gasteiger partial charge in [0.15, 0.2) is 35.2 Å². The summed E-state index contributed by atoms with van der Waals surface area (Å²) >= 11 is 5.61. The maximum atomic E-state index is 13.5. The maximum absolute atomic E-state index is 13.5. The predicted molar refractivity (Wildman–Crippen MR) is 81.2 cm³/mol. The number of amides is 1. The van der Waals surface area contributed by atoms with E-state index in [1.807, 2.05) is 5.32 Å². The zero-order valence-corrected chi connectivity index (χ0v) is 13.6. The van der Waals surface area contributed by atoms with Crippen LogP contribution in [0.4, 0.5) is 27.6 Å². The molecule has 2 aromatic carbocycles. The molecule has 0 saturated carbocycles. The van der Waals surface area contributed by atoms with E-state index < -0.39 is 63.3 Å². The lowest BCUT2D eigenvalue weighted by Crippen LogP contribution is -2.30. The number of hydrogen-bond donors (Lipinski definition) is 1. The topological polar surface area (TPSA) is 55.4 Å². The van der Waals surface area contributed by atoms with Crippen molar-refractivity contribution in [1.29, 1.82) is 0 Å². The van der Waals surface area contributed by atoms with E-state index in [1.165, 1.54) is 0 Å². The number of anilines is 1. The summed E-state index contributed by atoms with van der Waals surface area (Å²) < 4.78 is 70.4. The van der Waals surface area contributed by atoms with Gasteiger partial charge in [-0.1, -0.05) is 11.6 Å². The van der Waals surface area contributed by atoms with Crippen LogP contribution in [0, 0.1) is 29.1 Å². The summed E-state index contributed by atoms with van der Waals surface area (Å²) in [4.78, 5) is 23.8. The van der Waals surface area contributed by atoms with Crippen molar-refractivity contribution in [3.63, 3.8) is 0 Å². The van der Waals surface area contributed by atoms with Crippen LogP contribution in [0.25, 0.3) is 0 Å². The number of benzene rings is 2. The summed E-state index contributed by atoms with van der Waals surface area (Å²) in [5, 5.41) is 1.45. The van der Waals surface area contributed by atoms with E-state index in [9.17, 15) is 31.5 Å². The van der Waals surface area contributed by atoms with Crippen LogP contribution in [0.1, 0.15) is 17.3 Å². The molecule has 1 N–H and O–H groups in total. The van der Waals surface area contributed by atoms with Crippen LogP contribution in [-0.2, 0) is 9.53 Å². The van der Waals surface area contributed by atoms with Gasteiger partial charge >= 0.3 is 5.97 Å². The molecule has 10 heteroatoms. The van der Waals surface area contributed by atoms with Gasteiger partial charge in [-0.25, -0.2) is 26.7 Å². The summed E-state index contributed by atoms with van der Waals surface area (Å²) in [6, 6.07) is 2.40. The summed E-state index contributed by atoms with van der Waals surface area (Å²) in [7, 11) is 0. The predicted octanol–water partition coefficient (Wildman–Crippen LogP) is 4.22. The molecule has 0 bridgehead atoms. The number of hydrogen-bond acceptors (Lipinski definition) is 3. The van der Waals surface area contributed by atoms with Crippen molar-refractivity contribution in [3.8, 4) is 0 Å². The molecule has 0 aliphatic heterocycles. The number of carbonyl (C=O) groups excluding carboxylic acids is 2. The number of halogens is 6. The molecule has 2 rings (SSSR count). The highest BCUT2D eigenvalue weighted by molar-refractivity contribution is 6.33. The molecule has 1 unspecified atom stereocenters. The van der Waals surface area contributed by atoms with E-state index in [0.29, 0.717) is 18.2 Å². The van der Waals surface area contributed by atoms with Crippen LogP contribution >= 0.6 is 11.6 Å². The first kappa shape index (κ1) is 19.6. The molecule has 1 amide bonds. The molecular weight excluding hydrogens is 385 g/mol. The zero-order valence-electron chi connectivity index (χ0n) is 12.9. The fraction of sp³-hybridized carbons (Fsp3) is 0.125. The Kier molecular flexibility index (Phi) is 5.81. The lowest BCUT2D eigenvalue weighted by atomic mass is 10.2. The number of esters is 1. The molecule has 0 spiro atoms. The minimum atomic E-state index is -1.79. The molecule has 0 heterocycles. The van der Waals surface area contributed by atoms with E-state index in [-0.39, 0.29) is 0 Å². The second-order valence-electron chi connectivity index (χ2n) is 5.01. The molecule has 2 aromatic rings. The third kappa shape index (κ3) is 4.10. The Morgan fingerprint density at radius 1 is 1.00 bits per heavy atom. The second kappa shape index (κ2) is 7.69. The summed E-state index contributed by atoms with van der Waals surface area (Å²) in [5.41, 5.74) is -1.22. The highest BCUT2D eigenvalue weighted by atomic mass is 35.5. The lowest BCUT2D eigenvalue weighted by molar-refractivity contribution is -0.123. The quantitative estimate of drug-likeness (QED) is 0.366. The molecule has 0 fully saturated rings. The van der Waals surface area contributed by atoms with Crippen molar-refractivity contribution in [2.75, 3.05) is 5.32 Å². The van der Waals surface area contributed by atoms with Crippen LogP contribution in [0.5, 0.6) is 0 Å². The van der Waals surface area contributed by atoms with E-state index in [0.717, 1.165) is 13.0 Å². The van der Waals surface area contributed by atoms with Gasteiger partial charge in [-0.3, -0.25) is 4.79 Å². The number of rotatable bonds is 4. The summed E-state index contributed by atoms with van der Waals surface area (Å²) in [6.45, 7) is 1.08. The van der Waals surface area contributed by atoms with Gasteiger partial charge in [0.2, 0.25) is 0 Å². The second-order valence-corrected chi connectivity index (χ2v) is 5.41. The molecule has 0 aromatic heterocycles. The van der Waals surface area contributed by atoms with Crippen molar-refractivity contribution in [2.24, 2.45) is 0 Å². The Balaban J connectivity index is 2.11. The number of carbonyl (C=O) groups is 2. The summed E-state index contributed by atoms with van der Waals surface area (Å²) in [6.07, 6.45) is -1.54. The van der Waals surface area contributed by atoms with Gasteiger partial charge in [-0.2, -0.15) is 0 Å². The van der Waals surface area contributed by atoms with Gasteiger partial charge in [-0.05, 0) is 31.2 Å². The molecule has 0 aliphatic carbocycles. The van der Waals surface area contributed by atoms with Crippen molar-refractivity contribution in [2.45, 2.75) is 13.0 Å². The molecule has 4 nitrogen and oxygen atoms in total. The smallest absolute Gasteiger partial charge is 0.340 e. The first-order chi connectivity index (χ1) is 12.1. The normalized spacial score (nSPS) is 11.8. The van der Waals surface area contributed by atoms with Gasteiger partial charge in [0.25, 0.3) is 5.91 Å².